The molecule has 2 fully saturated rings. The number of pyridine rings is 1. The van der Waals surface area contributed by atoms with Gasteiger partial charge in [-0.05, 0) is 36.3 Å². The lowest BCUT2D eigenvalue weighted by atomic mass is 9.70. The molecule has 0 aromatic carbocycles. The molecule has 2 bridgehead atoms. The highest BCUT2D eigenvalue weighted by Gasteiger charge is 2.65. The topological polar surface area (TPSA) is 76.1 Å². The fourth-order valence-electron chi connectivity index (χ4n) is 4.25. The zero-order chi connectivity index (χ0) is 18.7. The molecule has 1 N–H and O–H groups in total. The molecule has 0 spiro atoms. The third kappa shape index (κ3) is 2.92. The van der Waals surface area contributed by atoms with Crippen LogP contribution in [0.15, 0.2) is 18.3 Å². The van der Waals surface area contributed by atoms with Gasteiger partial charge >= 0.3 is 6.18 Å². The highest BCUT2D eigenvalue weighted by molar-refractivity contribution is 7.92. The first kappa shape index (κ1) is 18.2. The summed E-state index contributed by atoms with van der Waals surface area (Å²) in [5, 5.41) is 0. The van der Waals surface area contributed by atoms with Crippen LogP contribution in [0.1, 0.15) is 38.7 Å². The Kier molecular flexibility index (Phi) is 3.94. The van der Waals surface area contributed by atoms with Gasteiger partial charge in [-0.1, -0.05) is 13.8 Å². The number of fused-ring (bicyclic) bond motifs is 2. The smallest absolute Gasteiger partial charge is 0.299 e. The SMILES string of the molecule is CC1(C)[C@H]2CC[C@@]1(CS(=O)(=O)Nc1ccc(C(F)(F)F)cn1)C(=O)C2. The minimum atomic E-state index is -4.54. The average molecular weight is 376 g/mol. The number of carbonyl (C=O) groups is 1. The Morgan fingerprint density at radius 1 is 1.32 bits per heavy atom. The molecule has 5 nitrogen and oxygen atoms in total. The van der Waals surface area contributed by atoms with Gasteiger partial charge in [0, 0.05) is 12.6 Å². The van der Waals surface area contributed by atoms with E-state index in [1.54, 1.807) is 0 Å². The van der Waals surface area contributed by atoms with Gasteiger partial charge in [-0.25, -0.2) is 13.4 Å². The quantitative estimate of drug-likeness (QED) is 0.875. The Bertz CT molecular complexity index is 803. The number of nitrogens with one attached hydrogen (secondary N) is 1. The lowest BCUT2D eigenvalue weighted by molar-refractivity contribution is -0.137. The van der Waals surface area contributed by atoms with E-state index in [1.165, 1.54) is 0 Å². The van der Waals surface area contributed by atoms with E-state index in [1.807, 2.05) is 13.8 Å². The van der Waals surface area contributed by atoms with E-state index in [0.29, 0.717) is 19.0 Å². The molecule has 1 heterocycles. The van der Waals surface area contributed by atoms with Crippen LogP contribution in [0.25, 0.3) is 0 Å². The second-order valence-corrected chi connectivity index (χ2v) is 9.18. The monoisotopic (exact) mass is 376 g/mol. The number of hydrogen-bond acceptors (Lipinski definition) is 4. The van der Waals surface area contributed by atoms with Crippen molar-refractivity contribution < 1.29 is 26.4 Å². The molecule has 138 valence electrons. The first-order chi connectivity index (χ1) is 11.4. The van der Waals surface area contributed by atoms with E-state index in [9.17, 15) is 26.4 Å². The number of Topliss-reactive ketones (excluding diaryl/α,β-unsaturated/α-hetero) is 1. The summed E-state index contributed by atoms with van der Waals surface area (Å²) in [7, 11) is -3.93. The lowest BCUT2D eigenvalue weighted by Crippen LogP contribution is -2.43. The van der Waals surface area contributed by atoms with Crippen LogP contribution in [-0.2, 0) is 21.0 Å². The predicted molar refractivity (Wildman–Crippen MR) is 85.2 cm³/mol. The Morgan fingerprint density at radius 3 is 2.44 bits per heavy atom. The molecule has 1 aromatic heterocycles. The van der Waals surface area contributed by atoms with Crippen LogP contribution in [0.5, 0.6) is 0 Å². The normalized spacial score (nSPS) is 28.4. The summed E-state index contributed by atoms with van der Waals surface area (Å²) in [6.07, 6.45) is -2.24. The van der Waals surface area contributed by atoms with Gasteiger partial charge < -0.3 is 0 Å². The highest BCUT2D eigenvalue weighted by Crippen LogP contribution is 2.64. The molecule has 2 aliphatic rings. The van der Waals surface area contributed by atoms with E-state index >= 15 is 0 Å². The zero-order valence-corrected chi connectivity index (χ0v) is 14.7. The molecule has 0 aliphatic heterocycles. The van der Waals surface area contributed by atoms with Crippen LogP contribution in [-0.4, -0.2) is 24.9 Å². The number of nitrogens with zero attached hydrogens (tertiary/aromatic N) is 1. The number of ketones is 1. The summed E-state index contributed by atoms with van der Waals surface area (Å²) in [6.45, 7) is 3.84. The summed E-state index contributed by atoms with van der Waals surface area (Å²) in [5.74, 6) is -0.425. The second-order valence-electron chi connectivity index (χ2n) is 7.46. The van der Waals surface area contributed by atoms with Crippen LogP contribution in [0.4, 0.5) is 19.0 Å². The van der Waals surface area contributed by atoms with E-state index in [0.717, 1.165) is 18.6 Å². The van der Waals surface area contributed by atoms with E-state index < -0.39 is 32.6 Å². The van der Waals surface area contributed by atoms with Crippen LogP contribution < -0.4 is 4.72 Å². The van der Waals surface area contributed by atoms with Gasteiger partial charge in [0.05, 0.1) is 16.7 Å². The summed E-state index contributed by atoms with van der Waals surface area (Å²) in [5.41, 5.74) is -2.30. The highest BCUT2D eigenvalue weighted by atomic mass is 32.2. The van der Waals surface area contributed by atoms with Crippen LogP contribution in [0, 0.1) is 16.7 Å². The van der Waals surface area contributed by atoms with E-state index in [2.05, 4.69) is 9.71 Å². The fourth-order valence-corrected chi connectivity index (χ4v) is 6.09. The average Bonchev–Trinajstić information content (AvgIpc) is 2.80. The molecule has 1 aromatic rings. The van der Waals surface area contributed by atoms with Gasteiger partial charge in [-0.3, -0.25) is 9.52 Å². The predicted octanol–water partition coefficient (Wildman–Crippen LogP) is 3.24. The van der Waals surface area contributed by atoms with Crippen molar-refractivity contribution >= 4 is 21.6 Å². The second kappa shape index (κ2) is 5.43. The van der Waals surface area contributed by atoms with Crippen molar-refractivity contribution in [1.29, 1.82) is 0 Å². The zero-order valence-electron chi connectivity index (χ0n) is 13.9. The third-order valence-electron chi connectivity index (χ3n) is 5.93. The molecule has 3 rings (SSSR count). The molecule has 0 saturated heterocycles. The Labute approximate surface area is 144 Å². The fraction of sp³-hybridized carbons (Fsp3) is 0.625. The molecule has 2 aliphatic carbocycles. The van der Waals surface area contributed by atoms with Crippen molar-refractivity contribution in [2.45, 2.75) is 39.3 Å². The lowest BCUT2D eigenvalue weighted by Gasteiger charge is -2.36. The first-order valence-electron chi connectivity index (χ1n) is 7.94. The molecule has 25 heavy (non-hydrogen) atoms. The maximum absolute atomic E-state index is 12.5. The van der Waals surface area contributed by atoms with Crippen LogP contribution >= 0.6 is 0 Å². The summed E-state index contributed by atoms with van der Waals surface area (Å²) in [6, 6.07) is 1.73. The maximum Gasteiger partial charge on any atom is 0.417 e. The van der Waals surface area contributed by atoms with E-state index in [4.69, 9.17) is 0 Å². The van der Waals surface area contributed by atoms with Gasteiger partial charge in [0.25, 0.3) is 0 Å². The number of hydrogen-bond donors (Lipinski definition) is 1. The molecule has 0 unspecified atom stereocenters. The third-order valence-corrected chi connectivity index (χ3v) is 7.32. The Hall–Kier alpha value is -1.64. The van der Waals surface area contributed by atoms with Crippen molar-refractivity contribution in [2.75, 3.05) is 10.5 Å². The standard InChI is InChI=1S/C16H19F3N2O3S/c1-14(2)10-5-6-15(14,12(22)7-10)9-25(23,24)21-13-4-3-11(8-20-13)16(17,18)19/h3-4,8,10H,5-7,9H2,1-2H3,(H,20,21)/t10-,15+/m0/s1. The van der Waals surface area contributed by atoms with Crippen molar-refractivity contribution in [1.82, 2.24) is 4.98 Å². The number of alkyl halides is 3. The number of carbonyl (C=O) groups excluding carboxylic acids is 1. The van der Waals surface area contributed by atoms with Gasteiger partial charge in [0.2, 0.25) is 10.0 Å². The largest absolute Gasteiger partial charge is 0.417 e. The van der Waals surface area contributed by atoms with Crippen LogP contribution in [0.3, 0.4) is 0 Å². The molecule has 9 heteroatoms. The maximum atomic E-state index is 12.5. The van der Waals surface area contributed by atoms with Gasteiger partial charge in [-0.2, -0.15) is 13.2 Å². The van der Waals surface area contributed by atoms with Crippen molar-refractivity contribution in [3.63, 3.8) is 0 Å². The number of sulfonamides is 1. The Balaban J connectivity index is 1.80. The Morgan fingerprint density at radius 2 is 2.00 bits per heavy atom. The minimum Gasteiger partial charge on any atom is -0.299 e. The number of rotatable bonds is 4. The van der Waals surface area contributed by atoms with Gasteiger partial charge in [0.1, 0.15) is 11.6 Å². The molecule has 0 amide bonds. The number of aromatic nitrogens is 1. The van der Waals surface area contributed by atoms with Gasteiger partial charge in [0.15, 0.2) is 0 Å². The molecule has 2 atom stereocenters. The molecular weight excluding hydrogens is 357 g/mol. The summed E-state index contributed by atoms with van der Waals surface area (Å²) >= 11 is 0. The van der Waals surface area contributed by atoms with Crippen molar-refractivity contribution in [3.05, 3.63) is 23.9 Å². The minimum absolute atomic E-state index is 0.0421. The van der Waals surface area contributed by atoms with Crippen molar-refractivity contribution in [3.8, 4) is 0 Å². The molecular formula is C16H19F3N2O3S. The van der Waals surface area contributed by atoms with Crippen molar-refractivity contribution in [2.24, 2.45) is 16.7 Å². The summed E-state index contributed by atoms with van der Waals surface area (Å²) in [4.78, 5) is 15.9. The molecule has 2 saturated carbocycles. The number of anilines is 1. The van der Waals surface area contributed by atoms with Crippen LogP contribution in [0.2, 0.25) is 0 Å². The van der Waals surface area contributed by atoms with E-state index in [-0.39, 0.29) is 23.3 Å². The summed E-state index contributed by atoms with van der Waals surface area (Å²) < 4.78 is 64.9. The number of halogens is 3. The first-order valence-corrected chi connectivity index (χ1v) is 9.60. The van der Waals surface area contributed by atoms with Gasteiger partial charge in [-0.15, -0.1) is 0 Å². The molecule has 0 radical (unpaired) electrons.